The minimum Gasteiger partial charge on any atom is -0.299 e. The maximum atomic E-state index is 12.5. The van der Waals surface area contributed by atoms with Gasteiger partial charge in [0.05, 0.1) is 9.95 Å². The first-order chi connectivity index (χ1) is 14.3. The molecule has 9 heteroatoms. The second-order valence-electron chi connectivity index (χ2n) is 7.58. The lowest BCUT2D eigenvalue weighted by Gasteiger charge is -2.28. The van der Waals surface area contributed by atoms with Gasteiger partial charge >= 0.3 is 0 Å². The molecule has 0 aliphatic carbocycles. The van der Waals surface area contributed by atoms with E-state index in [0.717, 1.165) is 50.9 Å². The summed E-state index contributed by atoms with van der Waals surface area (Å²) in [6.45, 7) is 4.63. The summed E-state index contributed by atoms with van der Waals surface area (Å²) in [5.41, 5.74) is 2.97. The van der Waals surface area contributed by atoms with Crippen molar-refractivity contribution in [3.8, 4) is 0 Å². The van der Waals surface area contributed by atoms with Crippen LogP contribution >= 0.6 is 11.6 Å². The SMILES string of the molecule is Cc1cccc(Cl)c1S(=O)(=O)NCCCCCN1CCc2ccc([N+](=O)[O-])cc2C1. The van der Waals surface area contributed by atoms with Crippen LogP contribution in [0.2, 0.25) is 5.02 Å². The number of sulfonamides is 1. The molecule has 0 fully saturated rings. The van der Waals surface area contributed by atoms with Crippen molar-refractivity contribution in [1.82, 2.24) is 9.62 Å². The van der Waals surface area contributed by atoms with Crippen molar-refractivity contribution in [3.63, 3.8) is 0 Å². The van der Waals surface area contributed by atoms with E-state index >= 15 is 0 Å². The summed E-state index contributed by atoms with van der Waals surface area (Å²) in [5.74, 6) is 0. The highest BCUT2D eigenvalue weighted by molar-refractivity contribution is 7.89. The van der Waals surface area contributed by atoms with Crippen LogP contribution in [0, 0.1) is 17.0 Å². The van der Waals surface area contributed by atoms with E-state index in [9.17, 15) is 18.5 Å². The highest BCUT2D eigenvalue weighted by atomic mass is 35.5. The van der Waals surface area contributed by atoms with Crippen molar-refractivity contribution in [2.75, 3.05) is 19.6 Å². The fraction of sp³-hybridized carbons (Fsp3) is 0.429. The smallest absolute Gasteiger partial charge is 0.269 e. The summed E-state index contributed by atoms with van der Waals surface area (Å²) in [5, 5.41) is 11.2. The lowest BCUT2D eigenvalue weighted by Crippen LogP contribution is -2.31. The zero-order valence-electron chi connectivity index (χ0n) is 16.9. The zero-order valence-corrected chi connectivity index (χ0v) is 18.5. The first-order valence-electron chi connectivity index (χ1n) is 10.0. The lowest BCUT2D eigenvalue weighted by atomic mass is 9.99. The molecule has 2 aromatic carbocycles. The number of halogens is 1. The molecule has 1 heterocycles. The molecule has 0 aromatic heterocycles. The van der Waals surface area contributed by atoms with E-state index in [2.05, 4.69) is 9.62 Å². The quantitative estimate of drug-likeness (QED) is 0.352. The van der Waals surface area contributed by atoms with Gasteiger partial charge < -0.3 is 0 Å². The fourth-order valence-electron chi connectivity index (χ4n) is 3.78. The van der Waals surface area contributed by atoms with Gasteiger partial charge in [-0.2, -0.15) is 0 Å². The number of nitro benzene ring substituents is 1. The second-order valence-corrected chi connectivity index (χ2v) is 9.69. The number of hydrogen-bond acceptors (Lipinski definition) is 5. The van der Waals surface area contributed by atoms with E-state index in [1.165, 1.54) is 5.56 Å². The maximum Gasteiger partial charge on any atom is 0.269 e. The molecule has 1 aliphatic heterocycles. The number of nitrogens with zero attached hydrogens (tertiary/aromatic N) is 2. The summed E-state index contributed by atoms with van der Waals surface area (Å²) in [7, 11) is -3.62. The van der Waals surface area contributed by atoms with Crippen molar-refractivity contribution >= 4 is 27.3 Å². The Balaban J connectivity index is 1.42. The molecule has 0 saturated carbocycles. The van der Waals surface area contributed by atoms with Crippen LogP contribution in [-0.4, -0.2) is 37.9 Å². The Hall–Kier alpha value is -2.00. The van der Waals surface area contributed by atoms with Gasteiger partial charge in [-0.3, -0.25) is 15.0 Å². The van der Waals surface area contributed by atoms with Crippen molar-refractivity contribution in [1.29, 1.82) is 0 Å². The predicted molar refractivity (Wildman–Crippen MR) is 117 cm³/mol. The molecular weight excluding hydrogens is 426 g/mol. The largest absolute Gasteiger partial charge is 0.299 e. The molecule has 30 heavy (non-hydrogen) atoms. The van der Waals surface area contributed by atoms with Gasteiger partial charge in [0.25, 0.3) is 5.69 Å². The molecule has 1 N–H and O–H groups in total. The van der Waals surface area contributed by atoms with Gasteiger partial charge in [0.2, 0.25) is 10.0 Å². The van der Waals surface area contributed by atoms with E-state index in [1.54, 1.807) is 37.3 Å². The number of benzene rings is 2. The molecule has 0 spiro atoms. The molecule has 0 unspecified atom stereocenters. The number of nitro groups is 1. The zero-order chi connectivity index (χ0) is 21.7. The number of rotatable bonds is 9. The second kappa shape index (κ2) is 9.87. The minimum absolute atomic E-state index is 0.136. The predicted octanol–water partition coefficient (Wildman–Crippen LogP) is 4.06. The van der Waals surface area contributed by atoms with Crippen molar-refractivity contribution in [2.24, 2.45) is 0 Å². The van der Waals surface area contributed by atoms with Crippen LogP contribution in [0.5, 0.6) is 0 Å². The molecule has 0 bridgehead atoms. The Morgan fingerprint density at radius 1 is 1.17 bits per heavy atom. The molecule has 2 aromatic rings. The topological polar surface area (TPSA) is 92.6 Å². The fourth-order valence-corrected chi connectivity index (χ4v) is 5.68. The number of non-ortho nitro benzene ring substituents is 1. The van der Waals surface area contributed by atoms with Crippen LogP contribution in [-0.2, 0) is 23.0 Å². The molecular formula is C21H26ClN3O4S. The highest BCUT2D eigenvalue weighted by Gasteiger charge is 2.20. The van der Waals surface area contributed by atoms with Gasteiger partial charge in [0, 0.05) is 31.8 Å². The van der Waals surface area contributed by atoms with Crippen LogP contribution < -0.4 is 4.72 Å². The third-order valence-electron chi connectivity index (χ3n) is 5.37. The highest BCUT2D eigenvalue weighted by Crippen LogP contribution is 2.25. The van der Waals surface area contributed by atoms with Crippen LogP contribution in [0.1, 0.15) is 36.0 Å². The number of aryl methyl sites for hydroxylation is 1. The standard InChI is InChI=1S/C21H26ClN3O4S/c1-16-6-5-7-20(22)21(16)30(28,29)23-11-3-2-4-12-24-13-10-17-8-9-19(25(26)27)14-18(17)15-24/h5-9,14,23H,2-4,10-13,15H2,1H3. The molecule has 162 valence electrons. The molecule has 7 nitrogen and oxygen atoms in total. The van der Waals surface area contributed by atoms with Crippen LogP contribution in [0.15, 0.2) is 41.3 Å². The number of hydrogen-bond donors (Lipinski definition) is 1. The Bertz CT molecular complexity index is 1010. The maximum absolute atomic E-state index is 12.5. The average Bonchev–Trinajstić information content (AvgIpc) is 2.69. The van der Waals surface area contributed by atoms with E-state index in [4.69, 9.17) is 11.6 Å². The van der Waals surface area contributed by atoms with Crippen LogP contribution in [0.4, 0.5) is 5.69 Å². The monoisotopic (exact) mass is 451 g/mol. The first kappa shape index (κ1) is 22.7. The van der Waals surface area contributed by atoms with E-state index < -0.39 is 10.0 Å². The molecule has 0 atom stereocenters. The molecule has 1 aliphatic rings. The van der Waals surface area contributed by atoms with Crippen molar-refractivity contribution in [3.05, 3.63) is 68.2 Å². The van der Waals surface area contributed by atoms with Gasteiger partial charge in [-0.1, -0.05) is 36.2 Å². The number of fused-ring (bicyclic) bond motifs is 1. The summed E-state index contributed by atoms with van der Waals surface area (Å²) in [6.07, 6.45) is 3.46. The third kappa shape index (κ3) is 5.57. The van der Waals surface area contributed by atoms with Crippen molar-refractivity contribution < 1.29 is 13.3 Å². The average molecular weight is 452 g/mol. The van der Waals surface area contributed by atoms with Crippen molar-refractivity contribution in [2.45, 2.75) is 44.0 Å². The van der Waals surface area contributed by atoms with Crippen LogP contribution in [0.3, 0.4) is 0 Å². The Labute approximate surface area is 182 Å². The number of unbranched alkanes of at least 4 members (excludes halogenated alkanes) is 2. The van der Waals surface area contributed by atoms with Gasteiger partial charge in [-0.15, -0.1) is 0 Å². The van der Waals surface area contributed by atoms with Crippen LogP contribution in [0.25, 0.3) is 0 Å². The van der Waals surface area contributed by atoms with E-state index in [1.807, 2.05) is 6.07 Å². The lowest BCUT2D eigenvalue weighted by molar-refractivity contribution is -0.385. The summed E-state index contributed by atoms with van der Waals surface area (Å²) < 4.78 is 27.6. The third-order valence-corrected chi connectivity index (χ3v) is 7.46. The first-order valence-corrected chi connectivity index (χ1v) is 11.9. The number of nitrogens with one attached hydrogen (secondary N) is 1. The Morgan fingerprint density at radius 3 is 2.70 bits per heavy atom. The normalized spacial score (nSPS) is 14.5. The molecule has 0 amide bonds. The summed E-state index contributed by atoms with van der Waals surface area (Å²) in [6, 6.07) is 10.1. The summed E-state index contributed by atoms with van der Waals surface area (Å²) in [4.78, 5) is 13.1. The Morgan fingerprint density at radius 2 is 1.97 bits per heavy atom. The molecule has 0 radical (unpaired) electrons. The van der Waals surface area contributed by atoms with E-state index in [-0.39, 0.29) is 20.5 Å². The Kier molecular flexibility index (Phi) is 7.46. The summed E-state index contributed by atoms with van der Waals surface area (Å²) >= 11 is 6.06. The van der Waals surface area contributed by atoms with Gasteiger partial charge in [0.15, 0.2) is 0 Å². The molecule has 3 rings (SSSR count). The molecule has 0 saturated heterocycles. The minimum atomic E-state index is -3.62. The van der Waals surface area contributed by atoms with Gasteiger partial charge in [0.1, 0.15) is 4.90 Å². The van der Waals surface area contributed by atoms with Gasteiger partial charge in [-0.25, -0.2) is 13.1 Å². The van der Waals surface area contributed by atoms with Gasteiger partial charge in [-0.05, 0) is 55.5 Å². The van der Waals surface area contributed by atoms with E-state index in [0.29, 0.717) is 12.1 Å².